The molecular weight excluding hydrogens is 268 g/mol. The molecule has 17 heavy (non-hydrogen) atoms. The Morgan fingerprint density at radius 1 is 1.12 bits per heavy atom. The largest absolute Gasteiger partial charge is 0.394 e. The molecule has 0 aliphatic rings. The van der Waals surface area contributed by atoms with Gasteiger partial charge in [-0.05, 0) is 24.4 Å². The number of aromatic nitrogens is 3. The number of rotatable bonds is 7. The minimum atomic E-state index is -0.195. The topological polar surface area (TPSA) is 107 Å². The second kappa shape index (κ2) is 7.42. The number of nitrogens with one attached hydrogen (secondary N) is 2. The number of aromatic amines is 2. The smallest absolute Gasteiger partial charge is 0.260 e. The van der Waals surface area contributed by atoms with Gasteiger partial charge in [-0.25, -0.2) is 9.68 Å². The minimum absolute atomic E-state index is 0.000912. The van der Waals surface area contributed by atoms with E-state index in [1.165, 1.54) is 0 Å². The summed E-state index contributed by atoms with van der Waals surface area (Å²) >= 11 is 9.72. The molecule has 0 aliphatic heterocycles. The van der Waals surface area contributed by atoms with E-state index in [1.807, 2.05) is 0 Å². The fourth-order valence-corrected chi connectivity index (χ4v) is 1.32. The molecule has 10 heteroatoms. The maximum Gasteiger partial charge on any atom is 0.260 e. The number of H-pyrrole nitrogens is 2. The quantitative estimate of drug-likeness (QED) is 0.403. The average Bonchev–Trinajstić information content (AvgIpc) is 2.28. The van der Waals surface area contributed by atoms with Crippen molar-refractivity contribution in [2.24, 2.45) is 0 Å². The van der Waals surface area contributed by atoms with Gasteiger partial charge in [-0.1, -0.05) is 5.23 Å². The van der Waals surface area contributed by atoms with Crippen LogP contribution in [0.1, 0.15) is 0 Å². The van der Waals surface area contributed by atoms with E-state index in [1.54, 1.807) is 0 Å². The fraction of sp³-hybridized carbons (Fsp3) is 0.571. The van der Waals surface area contributed by atoms with Gasteiger partial charge in [0.2, 0.25) is 4.77 Å². The minimum Gasteiger partial charge on any atom is -0.394 e. The fourth-order valence-electron chi connectivity index (χ4n) is 0.875. The average molecular weight is 280 g/mol. The lowest BCUT2D eigenvalue weighted by molar-refractivity contribution is -0.106. The molecular formula is C7H12N4O4S2. The number of nitrogens with zero attached hydrogens (tertiary/aromatic N) is 2. The Kier molecular flexibility index (Phi) is 6.18. The van der Waals surface area contributed by atoms with Gasteiger partial charge in [0.25, 0.3) is 5.95 Å². The van der Waals surface area contributed by atoms with Crippen LogP contribution in [0.4, 0.5) is 5.95 Å². The monoisotopic (exact) mass is 280 g/mol. The van der Waals surface area contributed by atoms with Crippen LogP contribution >= 0.6 is 24.4 Å². The van der Waals surface area contributed by atoms with Gasteiger partial charge in [-0.3, -0.25) is 4.98 Å². The molecule has 1 rings (SSSR count). The van der Waals surface area contributed by atoms with Crippen molar-refractivity contribution in [1.29, 1.82) is 0 Å². The summed E-state index contributed by atoms with van der Waals surface area (Å²) in [5.41, 5.74) is 0. The highest BCUT2D eigenvalue weighted by molar-refractivity contribution is 7.71. The summed E-state index contributed by atoms with van der Waals surface area (Å²) in [7, 11) is 0. The summed E-state index contributed by atoms with van der Waals surface area (Å²) in [6, 6.07) is 0. The second-order valence-corrected chi connectivity index (χ2v) is 3.49. The molecule has 0 spiro atoms. The van der Waals surface area contributed by atoms with Crippen molar-refractivity contribution in [2.75, 3.05) is 31.7 Å². The van der Waals surface area contributed by atoms with Gasteiger partial charge in [-0.2, -0.15) is 4.98 Å². The molecule has 0 radical (unpaired) electrons. The zero-order chi connectivity index (χ0) is 12.7. The van der Waals surface area contributed by atoms with Crippen molar-refractivity contribution < 1.29 is 19.9 Å². The first-order valence-corrected chi connectivity index (χ1v) is 5.47. The van der Waals surface area contributed by atoms with E-state index >= 15 is 0 Å². The SMILES string of the molecule is OCCON(OCCO)c1nc(=S)[nH]c(=S)[nH]1. The molecule has 0 bridgehead atoms. The normalized spacial score (nSPS) is 10.5. The Labute approximate surface area is 107 Å². The number of aliphatic hydroxyl groups excluding tert-OH is 2. The molecule has 0 saturated carbocycles. The summed E-state index contributed by atoms with van der Waals surface area (Å²) in [4.78, 5) is 19.2. The predicted molar refractivity (Wildman–Crippen MR) is 63.2 cm³/mol. The standard InChI is InChI=1S/C7H12N4O4S2/c12-1-3-14-11(15-4-2-13)5-8-6(16)10-7(17)9-5/h12-13H,1-4H2,(H2,8,9,10,16,17). The molecule has 0 saturated heterocycles. The molecule has 0 aliphatic carbocycles. The summed E-state index contributed by atoms with van der Waals surface area (Å²) in [6.07, 6.45) is 0. The lowest BCUT2D eigenvalue weighted by Crippen LogP contribution is -2.29. The van der Waals surface area contributed by atoms with Gasteiger partial charge in [0.15, 0.2) is 4.77 Å². The summed E-state index contributed by atoms with van der Waals surface area (Å²) in [5, 5.41) is 18.2. The van der Waals surface area contributed by atoms with Crippen LogP contribution in [-0.4, -0.2) is 51.6 Å². The van der Waals surface area contributed by atoms with Gasteiger partial charge >= 0.3 is 0 Å². The van der Waals surface area contributed by atoms with Crippen LogP contribution in [0.2, 0.25) is 0 Å². The lowest BCUT2D eigenvalue weighted by atomic mass is 10.8. The summed E-state index contributed by atoms with van der Waals surface area (Å²) < 4.78 is 0.416. The molecule has 1 aromatic heterocycles. The van der Waals surface area contributed by atoms with Gasteiger partial charge in [0, 0.05) is 0 Å². The Balaban J connectivity index is 2.86. The van der Waals surface area contributed by atoms with E-state index in [2.05, 4.69) is 15.0 Å². The van der Waals surface area contributed by atoms with Crippen molar-refractivity contribution in [3.8, 4) is 0 Å². The van der Waals surface area contributed by atoms with E-state index < -0.39 is 0 Å². The third kappa shape index (κ3) is 4.85. The van der Waals surface area contributed by atoms with Crippen LogP contribution in [0.15, 0.2) is 0 Å². The first-order chi connectivity index (χ1) is 8.17. The van der Waals surface area contributed by atoms with Crippen molar-refractivity contribution in [2.45, 2.75) is 0 Å². The van der Waals surface area contributed by atoms with Gasteiger partial charge in [-0.15, -0.1) is 0 Å². The molecule has 1 heterocycles. The van der Waals surface area contributed by atoms with E-state index in [4.69, 9.17) is 44.3 Å². The van der Waals surface area contributed by atoms with E-state index in [0.717, 1.165) is 5.23 Å². The molecule has 0 atom stereocenters. The number of anilines is 1. The van der Waals surface area contributed by atoms with Crippen LogP contribution in [0.3, 0.4) is 0 Å². The molecule has 8 nitrogen and oxygen atoms in total. The first-order valence-electron chi connectivity index (χ1n) is 4.65. The Hall–Kier alpha value is -0.910. The van der Waals surface area contributed by atoms with E-state index in [9.17, 15) is 0 Å². The van der Waals surface area contributed by atoms with Crippen LogP contribution in [0.25, 0.3) is 0 Å². The Bertz CT molecular complexity index is 412. The van der Waals surface area contributed by atoms with Crippen molar-refractivity contribution in [1.82, 2.24) is 15.0 Å². The first kappa shape index (κ1) is 14.2. The van der Waals surface area contributed by atoms with Crippen molar-refractivity contribution in [3.05, 3.63) is 9.54 Å². The van der Waals surface area contributed by atoms with Crippen LogP contribution in [-0.2, 0) is 9.68 Å². The van der Waals surface area contributed by atoms with Crippen LogP contribution < -0.4 is 5.23 Å². The molecule has 96 valence electrons. The van der Waals surface area contributed by atoms with Crippen molar-refractivity contribution >= 4 is 30.4 Å². The number of hydrogen-bond donors (Lipinski definition) is 4. The third-order valence-corrected chi connectivity index (χ3v) is 1.82. The van der Waals surface area contributed by atoms with Gasteiger partial charge in [0.05, 0.1) is 13.2 Å². The van der Waals surface area contributed by atoms with Gasteiger partial charge < -0.3 is 15.2 Å². The highest BCUT2D eigenvalue weighted by Crippen LogP contribution is 2.06. The molecule has 0 amide bonds. The predicted octanol–water partition coefficient (Wildman–Crippen LogP) is -0.149. The Morgan fingerprint density at radius 3 is 2.18 bits per heavy atom. The van der Waals surface area contributed by atoms with Gasteiger partial charge in [0.1, 0.15) is 13.2 Å². The molecule has 4 N–H and O–H groups in total. The third-order valence-electron chi connectivity index (χ3n) is 1.43. The number of hydrogen-bond acceptors (Lipinski definition) is 8. The maximum atomic E-state index is 8.66. The molecule has 0 unspecified atom stereocenters. The zero-order valence-electron chi connectivity index (χ0n) is 8.75. The maximum absolute atomic E-state index is 8.66. The molecule has 1 aromatic rings. The van der Waals surface area contributed by atoms with Crippen LogP contribution in [0, 0.1) is 9.54 Å². The summed E-state index contributed by atoms with van der Waals surface area (Å²) in [6.45, 7) is -0.392. The van der Waals surface area contributed by atoms with Crippen LogP contribution in [0.5, 0.6) is 0 Å². The second-order valence-electron chi connectivity index (χ2n) is 2.69. The highest BCUT2D eigenvalue weighted by atomic mass is 32.1. The highest BCUT2D eigenvalue weighted by Gasteiger charge is 2.10. The molecule has 0 aromatic carbocycles. The zero-order valence-corrected chi connectivity index (χ0v) is 10.4. The summed E-state index contributed by atoms with van der Waals surface area (Å²) in [5.74, 6) is 0.126. The molecule has 0 fully saturated rings. The van der Waals surface area contributed by atoms with Crippen molar-refractivity contribution in [3.63, 3.8) is 0 Å². The Morgan fingerprint density at radius 2 is 1.71 bits per heavy atom. The van der Waals surface area contributed by atoms with E-state index in [0.29, 0.717) is 0 Å². The van der Waals surface area contributed by atoms with E-state index in [-0.39, 0.29) is 41.9 Å². The lowest BCUT2D eigenvalue weighted by Gasteiger charge is -2.19. The number of aliphatic hydroxyl groups is 2.